The maximum Gasteiger partial charge on any atom is 0.391 e. The van der Waals surface area contributed by atoms with Crippen molar-refractivity contribution in [3.63, 3.8) is 0 Å². The molecule has 1 saturated carbocycles. The van der Waals surface area contributed by atoms with Gasteiger partial charge in [0.05, 0.1) is 16.6 Å². The van der Waals surface area contributed by atoms with Gasteiger partial charge in [0.2, 0.25) is 0 Å². The Hall–Kier alpha value is -0.940. The molecule has 0 amide bonds. The molecule has 3 N–H and O–H groups in total. The van der Waals surface area contributed by atoms with Crippen molar-refractivity contribution in [3.8, 4) is 0 Å². The molecule has 1 aromatic carbocycles. The van der Waals surface area contributed by atoms with Crippen LogP contribution in [0.4, 0.5) is 18.9 Å². The molecular weight excluding hydrogens is 289 g/mol. The van der Waals surface area contributed by atoms with Gasteiger partial charge in [-0.1, -0.05) is 23.7 Å². The fraction of sp³-hybridized carbons (Fsp3) is 0.571. The van der Waals surface area contributed by atoms with Gasteiger partial charge in [-0.3, -0.25) is 0 Å². The van der Waals surface area contributed by atoms with Crippen molar-refractivity contribution in [2.75, 3.05) is 11.9 Å². The highest BCUT2D eigenvalue weighted by atomic mass is 35.5. The van der Waals surface area contributed by atoms with Crippen LogP contribution in [0.15, 0.2) is 24.3 Å². The molecule has 0 heterocycles. The monoisotopic (exact) mass is 306 g/mol. The number of rotatable bonds is 3. The van der Waals surface area contributed by atoms with Crippen LogP contribution in [0.3, 0.4) is 0 Å². The highest BCUT2D eigenvalue weighted by molar-refractivity contribution is 6.33. The van der Waals surface area contributed by atoms with Gasteiger partial charge in [-0.05, 0) is 37.8 Å². The number of nitrogens with one attached hydrogen (secondary N) is 1. The number of hydrogen-bond donors (Lipinski definition) is 2. The van der Waals surface area contributed by atoms with Gasteiger partial charge in [-0.15, -0.1) is 0 Å². The first-order valence-electron chi connectivity index (χ1n) is 6.66. The zero-order valence-corrected chi connectivity index (χ0v) is 11.8. The predicted molar refractivity (Wildman–Crippen MR) is 74.9 cm³/mol. The first kappa shape index (κ1) is 15.4. The number of hydrogen-bond acceptors (Lipinski definition) is 2. The van der Waals surface area contributed by atoms with Crippen LogP contribution in [0.25, 0.3) is 0 Å². The van der Waals surface area contributed by atoms with Gasteiger partial charge >= 0.3 is 6.18 Å². The van der Waals surface area contributed by atoms with E-state index in [2.05, 4.69) is 5.32 Å². The summed E-state index contributed by atoms with van der Waals surface area (Å²) < 4.78 is 38.1. The van der Waals surface area contributed by atoms with Crippen LogP contribution < -0.4 is 11.1 Å². The fourth-order valence-corrected chi connectivity index (χ4v) is 2.91. The van der Waals surface area contributed by atoms with E-state index in [9.17, 15) is 13.2 Å². The summed E-state index contributed by atoms with van der Waals surface area (Å²) in [4.78, 5) is 0. The summed E-state index contributed by atoms with van der Waals surface area (Å²) in [6.07, 6.45) is -3.08. The lowest BCUT2D eigenvalue weighted by atomic mass is 9.76. The highest BCUT2D eigenvalue weighted by Crippen LogP contribution is 2.42. The van der Waals surface area contributed by atoms with E-state index in [4.69, 9.17) is 17.3 Å². The maximum atomic E-state index is 12.7. The van der Waals surface area contributed by atoms with Crippen molar-refractivity contribution in [3.05, 3.63) is 29.3 Å². The van der Waals surface area contributed by atoms with E-state index >= 15 is 0 Å². The summed E-state index contributed by atoms with van der Waals surface area (Å²) in [5.41, 5.74) is 6.04. The van der Waals surface area contributed by atoms with Crippen LogP contribution >= 0.6 is 11.6 Å². The molecule has 1 aliphatic rings. The largest absolute Gasteiger partial charge is 0.391 e. The Morgan fingerprint density at radius 2 is 1.85 bits per heavy atom. The maximum absolute atomic E-state index is 12.7. The second-order valence-corrected chi connectivity index (χ2v) is 5.81. The third kappa shape index (κ3) is 3.38. The normalized spacial score (nSPS) is 27.4. The summed E-state index contributed by atoms with van der Waals surface area (Å²) in [7, 11) is 0. The minimum Gasteiger partial charge on any atom is -0.377 e. The van der Waals surface area contributed by atoms with E-state index in [1.807, 2.05) is 18.2 Å². The van der Waals surface area contributed by atoms with E-state index in [0.29, 0.717) is 24.4 Å². The third-order valence-electron chi connectivity index (χ3n) is 4.07. The van der Waals surface area contributed by atoms with E-state index < -0.39 is 17.6 Å². The van der Waals surface area contributed by atoms with Gasteiger partial charge in [0.25, 0.3) is 0 Å². The van der Waals surface area contributed by atoms with Gasteiger partial charge in [0.15, 0.2) is 0 Å². The molecule has 6 heteroatoms. The molecule has 0 saturated heterocycles. The zero-order valence-electron chi connectivity index (χ0n) is 11.0. The van der Waals surface area contributed by atoms with E-state index in [-0.39, 0.29) is 12.8 Å². The second-order valence-electron chi connectivity index (χ2n) is 5.41. The van der Waals surface area contributed by atoms with Gasteiger partial charge in [0.1, 0.15) is 0 Å². The number of alkyl halides is 3. The summed E-state index contributed by atoms with van der Waals surface area (Å²) in [6.45, 7) is 0.294. The average Bonchev–Trinajstić information content (AvgIpc) is 2.41. The van der Waals surface area contributed by atoms with Crippen molar-refractivity contribution in [1.29, 1.82) is 0 Å². The Morgan fingerprint density at radius 1 is 1.25 bits per heavy atom. The molecule has 0 atom stereocenters. The molecule has 1 aromatic rings. The molecular formula is C14H18ClF3N2. The van der Waals surface area contributed by atoms with Crippen LogP contribution in [-0.4, -0.2) is 18.3 Å². The van der Waals surface area contributed by atoms with Gasteiger partial charge in [-0.25, -0.2) is 0 Å². The number of halogens is 4. The molecule has 0 unspecified atom stereocenters. The molecule has 0 spiro atoms. The zero-order chi connectivity index (χ0) is 14.8. The SMILES string of the molecule is NCC1(Nc2ccccc2Cl)CCC(C(F)(F)F)CC1. The summed E-state index contributed by atoms with van der Waals surface area (Å²) in [5, 5.41) is 3.81. The Labute approximate surface area is 121 Å². The van der Waals surface area contributed by atoms with E-state index in [1.165, 1.54) is 0 Å². The Morgan fingerprint density at radius 3 is 2.35 bits per heavy atom. The fourth-order valence-electron chi connectivity index (χ4n) is 2.73. The minimum absolute atomic E-state index is 0.109. The molecule has 1 fully saturated rings. The molecule has 2 nitrogen and oxygen atoms in total. The van der Waals surface area contributed by atoms with Crippen molar-refractivity contribution < 1.29 is 13.2 Å². The highest BCUT2D eigenvalue weighted by Gasteiger charge is 2.45. The van der Waals surface area contributed by atoms with Crippen LogP contribution in [-0.2, 0) is 0 Å². The lowest BCUT2D eigenvalue weighted by Gasteiger charge is -2.41. The topological polar surface area (TPSA) is 38.0 Å². The molecule has 20 heavy (non-hydrogen) atoms. The van der Waals surface area contributed by atoms with Crippen LogP contribution in [0, 0.1) is 5.92 Å². The molecule has 0 bridgehead atoms. The van der Waals surface area contributed by atoms with E-state index in [0.717, 1.165) is 5.69 Å². The van der Waals surface area contributed by atoms with Crippen LogP contribution in [0.2, 0.25) is 5.02 Å². The number of nitrogens with two attached hydrogens (primary N) is 1. The summed E-state index contributed by atoms with van der Waals surface area (Å²) in [6, 6.07) is 7.20. The second kappa shape index (κ2) is 5.82. The quantitative estimate of drug-likeness (QED) is 0.878. The van der Waals surface area contributed by atoms with Crippen molar-refractivity contribution in [2.24, 2.45) is 11.7 Å². The number of benzene rings is 1. The molecule has 112 valence electrons. The molecule has 0 aromatic heterocycles. The Bertz CT molecular complexity index is 454. The summed E-state index contributed by atoms with van der Waals surface area (Å²) >= 11 is 6.08. The molecule has 2 rings (SSSR count). The van der Waals surface area contributed by atoms with Gasteiger partial charge in [-0.2, -0.15) is 13.2 Å². The lowest BCUT2D eigenvalue weighted by molar-refractivity contribution is -0.183. The number of anilines is 1. The standard InChI is InChI=1S/C14H18ClF3N2/c15-11-3-1-2-4-12(11)20-13(9-19)7-5-10(6-8-13)14(16,17)18/h1-4,10,20H,5-9,19H2. The van der Waals surface area contributed by atoms with E-state index in [1.54, 1.807) is 6.07 Å². The Kier molecular flexibility index (Phi) is 4.49. The third-order valence-corrected chi connectivity index (χ3v) is 4.40. The van der Waals surface area contributed by atoms with Crippen molar-refractivity contribution in [2.45, 2.75) is 37.4 Å². The molecule has 0 aliphatic heterocycles. The predicted octanol–water partition coefficient (Wildman–Crippen LogP) is 4.20. The van der Waals surface area contributed by atoms with Crippen LogP contribution in [0.5, 0.6) is 0 Å². The first-order valence-corrected chi connectivity index (χ1v) is 7.04. The molecule has 1 aliphatic carbocycles. The number of para-hydroxylation sites is 1. The van der Waals surface area contributed by atoms with Gasteiger partial charge < -0.3 is 11.1 Å². The average molecular weight is 307 g/mol. The first-order chi connectivity index (χ1) is 9.36. The summed E-state index contributed by atoms with van der Waals surface area (Å²) in [5.74, 6) is -1.21. The van der Waals surface area contributed by atoms with Crippen LogP contribution in [0.1, 0.15) is 25.7 Å². The molecule has 0 radical (unpaired) electrons. The van der Waals surface area contributed by atoms with Gasteiger partial charge in [0, 0.05) is 12.1 Å². The minimum atomic E-state index is -4.11. The van der Waals surface area contributed by atoms with Crippen molar-refractivity contribution >= 4 is 17.3 Å². The lowest BCUT2D eigenvalue weighted by Crippen LogP contribution is -2.49. The smallest absolute Gasteiger partial charge is 0.377 e. The Balaban J connectivity index is 2.08. The van der Waals surface area contributed by atoms with Crippen molar-refractivity contribution in [1.82, 2.24) is 0 Å².